The van der Waals surface area contributed by atoms with Crippen molar-refractivity contribution in [2.75, 3.05) is 25.6 Å². The highest BCUT2D eigenvalue weighted by Gasteiger charge is 2.24. The van der Waals surface area contributed by atoms with Gasteiger partial charge in [-0.25, -0.2) is 25.9 Å². The van der Waals surface area contributed by atoms with E-state index in [4.69, 9.17) is 5.11 Å². The van der Waals surface area contributed by atoms with Gasteiger partial charge in [0, 0.05) is 14.1 Å². The van der Waals surface area contributed by atoms with Crippen molar-refractivity contribution in [3.05, 3.63) is 0 Å². The third-order valence-corrected chi connectivity index (χ3v) is 6.22. The van der Waals surface area contributed by atoms with Gasteiger partial charge in [-0.05, 0) is 12.8 Å². The summed E-state index contributed by atoms with van der Waals surface area (Å²) in [6, 6.07) is -1.17. The Bertz CT molecular complexity index is 527. The summed E-state index contributed by atoms with van der Waals surface area (Å²) in [6.45, 7) is 1.87. The first-order chi connectivity index (χ1) is 9.52. The average molecular weight is 344 g/mol. The van der Waals surface area contributed by atoms with Crippen LogP contribution in [0.5, 0.6) is 0 Å². The molecule has 0 fully saturated rings. The number of nitrogens with one attached hydrogen (secondary N) is 1. The van der Waals surface area contributed by atoms with Gasteiger partial charge in [0.1, 0.15) is 6.04 Å². The maximum Gasteiger partial charge on any atom is 0.321 e. The number of carboxylic acids is 1. The first-order valence-corrected chi connectivity index (χ1v) is 9.91. The molecular weight excluding hydrogens is 320 g/mol. The smallest absolute Gasteiger partial charge is 0.321 e. The third-order valence-electron chi connectivity index (χ3n) is 2.84. The Morgan fingerprint density at radius 2 is 1.71 bits per heavy atom. The molecule has 0 heterocycles. The summed E-state index contributed by atoms with van der Waals surface area (Å²) in [5.74, 6) is -1.95. The third kappa shape index (κ3) is 8.34. The summed E-state index contributed by atoms with van der Waals surface area (Å²) >= 11 is 0. The van der Waals surface area contributed by atoms with Crippen LogP contribution in [0.15, 0.2) is 0 Å². The van der Waals surface area contributed by atoms with Crippen LogP contribution in [0.4, 0.5) is 0 Å². The Hall–Kier alpha value is -0.710. The summed E-state index contributed by atoms with van der Waals surface area (Å²) in [5, 5.41) is 8.96. The molecule has 21 heavy (non-hydrogen) atoms. The van der Waals surface area contributed by atoms with Crippen molar-refractivity contribution in [2.24, 2.45) is 0 Å². The van der Waals surface area contributed by atoms with Crippen molar-refractivity contribution in [3.8, 4) is 0 Å². The van der Waals surface area contributed by atoms with Gasteiger partial charge in [-0.3, -0.25) is 4.79 Å². The van der Waals surface area contributed by atoms with Gasteiger partial charge in [-0.1, -0.05) is 19.8 Å². The van der Waals surface area contributed by atoms with Crippen LogP contribution in [-0.4, -0.2) is 63.9 Å². The summed E-state index contributed by atoms with van der Waals surface area (Å²) in [4.78, 5) is 11.0. The number of sulfonamides is 2. The van der Waals surface area contributed by atoms with Gasteiger partial charge in [0.15, 0.2) is 0 Å². The lowest BCUT2D eigenvalue weighted by Crippen LogP contribution is -2.42. The van der Waals surface area contributed by atoms with Crippen LogP contribution in [-0.2, 0) is 24.8 Å². The van der Waals surface area contributed by atoms with Gasteiger partial charge in [-0.2, -0.15) is 0 Å². The van der Waals surface area contributed by atoms with Crippen molar-refractivity contribution in [3.63, 3.8) is 0 Å². The normalized spacial score (nSPS) is 14.3. The van der Waals surface area contributed by atoms with E-state index >= 15 is 0 Å². The SMILES string of the molecule is CCCC[C@H](NS(=O)(=O)CCCS(=O)(=O)N(C)C)C(=O)O. The van der Waals surface area contributed by atoms with Crippen LogP contribution in [0.2, 0.25) is 0 Å². The zero-order valence-electron chi connectivity index (χ0n) is 12.6. The fourth-order valence-corrected chi connectivity index (χ4v) is 3.88. The number of hydrogen-bond acceptors (Lipinski definition) is 5. The summed E-state index contributed by atoms with van der Waals surface area (Å²) < 4.78 is 49.7. The molecule has 0 aromatic carbocycles. The monoisotopic (exact) mass is 344 g/mol. The molecule has 0 aliphatic rings. The standard InChI is InChI=1S/C11H24N2O6S2/c1-4-5-7-10(11(14)15)12-20(16,17)8-6-9-21(18,19)13(2)3/h10,12H,4-9H2,1-3H3,(H,14,15)/t10-/m0/s1. The van der Waals surface area contributed by atoms with E-state index in [-0.39, 0.29) is 18.6 Å². The molecule has 0 aromatic heterocycles. The van der Waals surface area contributed by atoms with Crippen LogP contribution in [0, 0.1) is 0 Å². The molecule has 0 aliphatic carbocycles. The Balaban J connectivity index is 4.52. The van der Waals surface area contributed by atoms with E-state index < -0.39 is 37.8 Å². The van der Waals surface area contributed by atoms with E-state index in [0.717, 1.165) is 10.7 Å². The highest BCUT2D eigenvalue weighted by molar-refractivity contribution is 7.90. The second-order valence-electron chi connectivity index (χ2n) is 4.92. The molecule has 10 heteroatoms. The van der Waals surface area contributed by atoms with E-state index in [0.29, 0.717) is 6.42 Å². The fourth-order valence-electron chi connectivity index (χ4n) is 1.53. The Labute approximate surface area is 126 Å². The molecule has 126 valence electrons. The van der Waals surface area contributed by atoms with Gasteiger partial charge in [0.05, 0.1) is 11.5 Å². The number of nitrogens with zero attached hydrogens (tertiary/aromatic N) is 1. The number of carbonyl (C=O) groups is 1. The minimum Gasteiger partial charge on any atom is -0.480 e. The average Bonchev–Trinajstić information content (AvgIpc) is 2.33. The molecule has 2 N–H and O–H groups in total. The Morgan fingerprint density at radius 3 is 2.14 bits per heavy atom. The highest BCUT2D eigenvalue weighted by atomic mass is 32.2. The van der Waals surface area contributed by atoms with Gasteiger partial charge in [0.25, 0.3) is 0 Å². The number of carboxylic acid groups (broad SMARTS) is 1. The predicted molar refractivity (Wildman–Crippen MR) is 80.0 cm³/mol. The van der Waals surface area contributed by atoms with E-state index in [1.54, 1.807) is 0 Å². The zero-order chi connectivity index (χ0) is 16.7. The number of aliphatic carboxylic acids is 1. The minimum absolute atomic E-state index is 0.0873. The lowest BCUT2D eigenvalue weighted by Gasteiger charge is -2.15. The summed E-state index contributed by atoms with van der Waals surface area (Å²) in [7, 11) is -4.54. The summed E-state index contributed by atoms with van der Waals surface area (Å²) in [5.41, 5.74) is 0. The largest absolute Gasteiger partial charge is 0.480 e. The lowest BCUT2D eigenvalue weighted by molar-refractivity contribution is -0.139. The molecule has 1 atom stereocenters. The number of hydrogen-bond donors (Lipinski definition) is 2. The van der Waals surface area contributed by atoms with Gasteiger partial charge in [-0.15, -0.1) is 0 Å². The second-order valence-corrected chi connectivity index (χ2v) is 9.10. The van der Waals surface area contributed by atoms with Gasteiger partial charge in [0.2, 0.25) is 20.0 Å². The quantitative estimate of drug-likeness (QED) is 0.537. The highest BCUT2D eigenvalue weighted by Crippen LogP contribution is 2.05. The van der Waals surface area contributed by atoms with Crippen LogP contribution in [0.25, 0.3) is 0 Å². The minimum atomic E-state index is -3.82. The molecule has 8 nitrogen and oxygen atoms in total. The maximum atomic E-state index is 11.8. The van der Waals surface area contributed by atoms with Crippen molar-refractivity contribution in [1.82, 2.24) is 9.03 Å². The number of rotatable bonds is 11. The fraction of sp³-hybridized carbons (Fsp3) is 0.909. The Kier molecular flexibility index (Phi) is 8.37. The van der Waals surface area contributed by atoms with Crippen LogP contribution in [0.1, 0.15) is 32.6 Å². The first kappa shape index (κ1) is 20.3. The molecule has 0 saturated heterocycles. The van der Waals surface area contributed by atoms with Gasteiger partial charge >= 0.3 is 5.97 Å². The second kappa shape index (κ2) is 8.66. The molecule has 0 aromatic rings. The first-order valence-electron chi connectivity index (χ1n) is 6.65. The topological polar surface area (TPSA) is 121 Å². The molecule has 0 rings (SSSR count). The van der Waals surface area contributed by atoms with Crippen LogP contribution < -0.4 is 4.72 Å². The van der Waals surface area contributed by atoms with E-state index in [1.807, 2.05) is 6.92 Å². The van der Waals surface area contributed by atoms with Crippen molar-refractivity contribution >= 4 is 26.0 Å². The molecule has 0 radical (unpaired) electrons. The molecule has 0 unspecified atom stereocenters. The van der Waals surface area contributed by atoms with Crippen LogP contribution in [0.3, 0.4) is 0 Å². The van der Waals surface area contributed by atoms with Crippen molar-refractivity contribution in [2.45, 2.75) is 38.6 Å². The molecule has 0 saturated carbocycles. The van der Waals surface area contributed by atoms with E-state index in [1.165, 1.54) is 14.1 Å². The molecular formula is C11H24N2O6S2. The van der Waals surface area contributed by atoms with E-state index in [2.05, 4.69) is 4.72 Å². The van der Waals surface area contributed by atoms with E-state index in [9.17, 15) is 21.6 Å². The van der Waals surface area contributed by atoms with Crippen molar-refractivity contribution in [1.29, 1.82) is 0 Å². The maximum absolute atomic E-state index is 11.8. The molecule has 0 spiro atoms. The molecule has 0 amide bonds. The zero-order valence-corrected chi connectivity index (χ0v) is 14.2. The Morgan fingerprint density at radius 1 is 1.14 bits per heavy atom. The summed E-state index contributed by atoms with van der Waals surface area (Å²) in [6.07, 6.45) is 1.47. The van der Waals surface area contributed by atoms with Gasteiger partial charge < -0.3 is 5.11 Å². The van der Waals surface area contributed by atoms with Crippen molar-refractivity contribution < 1.29 is 26.7 Å². The lowest BCUT2D eigenvalue weighted by atomic mass is 10.1. The van der Waals surface area contributed by atoms with Crippen LogP contribution >= 0.6 is 0 Å². The molecule has 0 bridgehead atoms. The number of unbranched alkanes of at least 4 members (excludes halogenated alkanes) is 1. The predicted octanol–water partition coefficient (Wildman–Crippen LogP) is -0.169. The molecule has 0 aliphatic heterocycles.